The number of rotatable bonds is 6. The van der Waals surface area contributed by atoms with Crippen molar-refractivity contribution in [3.63, 3.8) is 0 Å². The second kappa shape index (κ2) is 9.21. The molecule has 0 saturated heterocycles. The molecule has 0 spiro atoms. The van der Waals surface area contributed by atoms with Crippen LogP contribution in [-0.4, -0.2) is 23.0 Å². The first-order chi connectivity index (χ1) is 13.2. The van der Waals surface area contributed by atoms with E-state index in [-0.39, 0.29) is 11.6 Å². The highest BCUT2D eigenvalue weighted by atomic mass is 32.1. The average molecular weight is 376 g/mol. The molecule has 0 bridgehead atoms. The van der Waals surface area contributed by atoms with Gasteiger partial charge in [0.25, 0.3) is 11.8 Å². The van der Waals surface area contributed by atoms with Gasteiger partial charge in [-0.3, -0.25) is 14.6 Å². The Morgan fingerprint density at radius 2 is 1.78 bits per heavy atom. The second-order valence-corrected chi connectivity index (χ2v) is 6.35. The predicted molar refractivity (Wildman–Crippen MR) is 106 cm³/mol. The minimum atomic E-state index is -0.516. The Morgan fingerprint density at radius 1 is 1.00 bits per heavy atom. The number of hydrogen-bond donors (Lipinski definition) is 2. The maximum absolute atomic E-state index is 12.5. The lowest BCUT2D eigenvalue weighted by Gasteiger charge is -2.08. The molecule has 0 radical (unpaired) electrons. The van der Waals surface area contributed by atoms with E-state index < -0.39 is 5.91 Å². The van der Waals surface area contributed by atoms with Gasteiger partial charge in [0.15, 0.2) is 0 Å². The molecule has 0 saturated carbocycles. The summed E-state index contributed by atoms with van der Waals surface area (Å²) in [5.74, 6) is -0.885. The van der Waals surface area contributed by atoms with Gasteiger partial charge in [-0.05, 0) is 47.4 Å². The summed E-state index contributed by atoms with van der Waals surface area (Å²) in [6.07, 6.45) is 6.38. The maximum Gasteiger partial charge on any atom is 0.287 e. The Bertz CT molecular complexity index is 952. The second-order valence-electron chi connectivity index (χ2n) is 5.37. The predicted octanol–water partition coefficient (Wildman–Crippen LogP) is 3.06. The van der Waals surface area contributed by atoms with Crippen molar-refractivity contribution in [3.8, 4) is 0 Å². The Labute approximate surface area is 160 Å². The number of carbonyl (C=O) groups excluding carboxylic acids is 2. The third-order valence-corrected chi connectivity index (χ3v) is 4.26. The molecule has 0 aliphatic heterocycles. The molecular weight excluding hydrogens is 360 g/mol. The number of aromatic nitrogens is 1. The van der Waals surface area contributed by atoms with Crippen LogP contribution in [0.4, 0.5) is 0 Å². The Hall–Kier alpha value is -3.58. The first-order valence-electron chi connectivity index (χ1n) is 8.07. The number of nitrogens with one attached hydrogen (secondary N) is 2. The van der Waals surface area contributed by atoms with Crippen LogP contribution in [-0.2, 0) is 4.79 Å². The van der Waals surface area contributed by atoms with E-state index in [1.165, 1.54) is 17.6 Å². The topological polar surface area (TPSA) is 83.4 Å². The van der Waals surface area contributed by atoms with Gasteiger partial charge in [0.05, 0.1) is 6.21 Å². The number of thiophene rings is 1. The van der Waals surface area contributed by atoms with E-state index in [0.717, 1.165) is 10.4 Å². The van der Waals surface area contributed by atoms with Gasteiger partial charge in [0.1, 0.15) is 5.70 Å². The van der Waals surface area contributed by atoms with E-state index in [2.05, 4.69) is 20.8 Å². The zero-order chi connectivity index (χ0) is 18.9. The summed E-state index contributed by atoms with van der Waals surface area (Å²) in [5.41, 5.74) is 3.80. The van der Waals surface area contributed by atoms with Crippen LogP contribution < -0.4 is 10.7 Å². The molecule has 2 heterocycles. The van der Waals surface area contributed by atoms with E-state index in [1.807, 2.05) is 23.6 Å². The Balaban J connectivity index is 1.74. The van der Waals surface area contributed by atoms with E-state index in [4.69, 9.17) is 0 Å². The van der Waals surface area contributed by atoms with Crippen LogP contribution in [0.2, 0.25) is 0 Å². The quantitative estimate of drug-likeness (QED) is 0.394. The highest BCUT2D eigenvalue weighted by Crippen LogP contribution is 2.13. The normalized spacial score (nSPS) is 11.3. The van der Waals surface area contributed by atoms with Gasteiger partial charge in [-0.1, -0.05) is 24.3 Å². The van der Waals surface area contributed by atoms with Crippen LogP contribution in [0.3, 0.4) is 0 Å². The molecule has 2 N–H and O–H groups in total. The van der Waals surface area contributed by atoms with E-state index >= 15 is 0 Å². The number of pyridine rings is 1. The van der Waals surface area contributed by atoms with Gasteiger partial charge in [-0.15, -0.1) is 11.3 Å². The van der Waals surface area contributed by atoms with Crippen molar-refractivity contribution in [2.24, 2.45) is 5.10 Å². The zero-order valence-corrected chi connectivity index (χ0v) is 15.0. The largest absolute Gasteiger partial charge is 0.317 e. The van der Waals surface area contributed by atoms with Crippen LogP contribution in [0.15, 0.2) is 83.2 Å². The van der Waals surface area contributed by atoms with Crippen molar-refractivity contribution in [1.29, 1.82) is 0 Å². The molecule has 3 aromatic rings. The fourth-order valence-corrected chi connectivity index (χ4v) is 2.79. The third-order valence-electron chi connectivity index (χ3n) is 3.44. The molecule has 6 nitrogen and oxygen atoms in total. The Morgan fingerprint density at radius 3 is 2.48 bits per heavy atom. The molecular formula is C20H16N4O2S. The molecule has 134 valence electrons. The first kappa shape index (κ1) is 18.2. The van der Waals surface area contributed by atoms with Gasteiger partial charge < -0.3 is 5.32 Å². The van der Waals surface area contributed by atoms with Crippen LogP contribution in [0.1, 0.15) is 20.8 Å². The standard InChI is InChI=1S/C20H16N4O2S/c25-19(16-5-2-1-3-6-16)23-18(13-17-7-4-12-27-17)20(26)24-22-14-15-8-10-21-11-9-15/h1-14H,(H,23,25)(H,24,26)/b18-13+,22-14-. The fourth-order valence-electron chi connectivity index (χ4n) is 2.13. The molecule has 0 aliphatic carbocycles. The first-order valence-corrected chi connectivity index (χ1v) is 8.95. The van der Waals surface area contributed by atoms with E-state index in [9.17, 15) is 9.59 Å². The number of hydrazone groups is 1. The molecule has 3 rings (SSSR count). The summed E-state index contributed by atoms with van der Waals surface area (Å²) in [6, 6.07) is 15.9. The highest BCUT2D eigenvalue weighted by Gasteiger charge is 2.14. The van der Waals surface area contributed by atoms with Crippen LogP contribution in [0.25, 0.3) is 6.08 Å². The number of benzene rings is 1. The van der Waals surface area contributed by atoms with Gasteiger partial charge in [-0.2, -0.15) is 5.10 Å². The Kier molecular flexibility index (Phi) is 6.21. The maximum atomic E-state index is 12.5. The van der Waals surface area contributed by atoms with Gasteiger partial charge in [0, 0.05) is 22.8 Å². The lowest BCUT2D eigenvalue weighted by molar-refractivity contribution is -0.117. The average Bonchev–Trinajstić information content (AvgIpc) is 3.22. The summed E-state index contributed by atoms with van der Waals surface area (Å²) >= 11 is 1.46. The summed E-state index contributed by atoms with van der Waals surface area (Å²) in [6.45, 7) is 0. The van der Waals surface area contributed by atoms with Gasteiger partial charge >= 0.3 is 0 Å². The van der Waals surface area contributed by atoms with Crippen molar-refractivity contribution < 1.29 is 9.59 Å². The minimum absolute atomic E-state index is 0.109. The number of hydrogen-bond acceptors (Lipinski definition) is 5. The molecule has 0 unspecified atom stereocenters. The van der Waals surface area contributed by atoms with Crippen molar-refractivity contribution in [3.05, 3.63) is 94.1 Å². The monoisotopic (exact) mass is 376 g/mol. The molecule has 7 heteroatoms. The van der Waals surface area contributed by atoms with E-state index in [0.29, 0.717) is 5.56 Å². The third kappa shape index (κ3) is 5.45. The molecule has 1 aromatic carbocycles. The zero-order valence-electron chi connectivity index (χ0n) is 14.2. The van der Waals surface area contributed by atoms with Crippen LogP contribution in [0.5, 0.6) is 0 Å². The minimum Gasteiger partial charge on any atom is -0.317 e. The summed E-state index contributed by atoms with van der Waals surface area (Å²) < 4.78 is 0. The van der Waals surface area contributed by atoms with Gasteiger partial charge in [0.2, 0.25) is 0 Å². The molecule has 27 heavy (non-hydrogen) atoms. The van der Waals surface area contributed by atoms with Crippen LogP contribution in [0, 0.1) is 0 Å². The number of nitrogens with zero attached hydrogens (tertiary/aromatic N) is 2. The van der Waals surface area contributed by atoms with Crippen molar-refractivity contribution >= 4 is 35.4 Å². The number of carbonyl (C=O) groups is 2. The lowest BCUT2D eigenvalue weighted by atomic mass is 10.2. The lowest BCUT2D eigenvalue weighted by Crippen LogP contribution is -2.32. The molecule has 0 atom stereocenters. The molecule has 0 aliphatic rings. The van der Waals surface area contributed by atoms with E-state index in [1.54, 1.807) is 54.9 Å². The molecule has 0 fully saturated rings. The number of amides is 2. The van der Waals surface area contributed by atoms with Crippen molar-refractivity contribution in [2.75, 3.05) is 0 Å². The highest BCUT2D eigenvalue weighted by molar-refractivity contribution is 7.10. The molecule has 2 amide bonds. The fraction of sp³-hybridized carbons (Fsp3) is 0. The summed E-state index contributed by atoms with van der Waals surface area (Å²) in [7, 11) is 0. The van der Waals surface area contributed by atoms with Crippen LogP contribution >= 0.6 is 11.3 Å². The van der Waals surface area contributed by atoms with Gasteiger partial charge in [-0.25, -0.2) is 5.43 Å². The summed E-state index contributed by atoms with van der Waals surface area (Å²) in [4.78, 5) is 29.7. The smallest absolute Gasteiger partial charge is 0.287 e. The summed E-state index contributed by atoms with van der Waals surface area (Å²) in [5, 5.41) is 8.47. The van der Waals surface area contributed by atoms with Crippen molar-refractivity contribution in [2.45, 2.75) is 0 Å². The molecule has 2 aromatic heterocycles. The SMILES string of the molecule is O=C(N/N=C\c1ccncc1)/C(=C\c1cccs1)NC(=O)c1ccccc1. The van der Waals surface area contributed by atoms with Crippen molar-refractivity contribution in [1.82, 2.24) is 15.7 Å².